The molecular formula is C15H19N5. The number of nitrogens with zero attached hydrogens (tertiary/aromatic N) is 4. The fraction of sp³-hybridized carbons (Fsp3) is 0.333. The normalized spacial score (nSPS) is 11.3. The van der Waals surface area contributed by atoms with Crippen molar-refractivity contribution < 1.29 is 0 Å². The number of rotatable bonds is 4. The molecule has 3 rings (SSSR count). The largest absolute Gasteiger partial charge is 0.326 e. The van der Waals surface area contributed by atoms with Crippen molar-refractivity contribution in [2.75, 3.05) is 0 Å². The third-order valence-electron chi connectivity index (χ3n) is 3.55. The van der Waals surface area contributed by atoms with Crippen molar-refractivity contribution in [3.63, 3.8) is 0 Å². The molecule has 104 valence electrons. The van der Waals surface area contributed by atoms with Crippen molar-refractivity contribution in [1.29, 1.82) is 0 Å². The van der Waals surface area contributed by atoms with Crippen LogP contribution in [0.25, 0.3) is 11.0 Å². The highest BCUT2D eigenvalue weighted by molar-refractivity contribution is 5.80. The number of fused-ring (bicyclic) bond motifs is 1. The van der Waals surface area contributed by atoms with Gasteiger partial charge in [0.1, 0.15) is 5.65 Å². The van der Waals surface area contributed by atoms with Crippen molar-refractivity contribution in [3.05, 3.63) is 47.5 Å². The molecule has 2 N–H and O–H groups in total. The molecule has 0 aliphatic rings. The van der Waals surface area contributed by atoms with Crippen LogP contribution in [0.15, 0.2) is 30.6 Å². The fourth-order valence-corrected chi connectivity index (χ4v) is 2.65. The van der Waals surface area contributed by atoms with Crippen LogP contribution < -0.4 is 5.73 Å². The topological polar surface area (TPSA) is 61.7 Å². The van der Waals surface area contributed by atoms with Crippen LogP contribution in [0.3, 0.4) is 0 Å². The zero-order chi connectivity index (χ0) is 14.1. The van der Waals surface area contributed by atoms with Gasteiger partial charge in [0, 0.05) is 30.9 Å². The molecule has 3 aromatic heterocycles. The second-order valence-corrected chi connectivity index (χ2v) is 4.95. The molecule has 0 atom stereocenters. The zero-order valence-corrected chi connectivity index (χ0v) is 11.9. The summed E-state index contributed by atoms with van der Waals surface area (Å²) in [5, 5.41) is 5.62. The predicted octanol–water partition coefficient (Wildman–Crippen LogP) is 2.07. The van der Waals surface area contributed by atoms with E-state index in [1.165, 1.54) is 5.69 Å². The van der Waals surface area contributed by atoms with Crippen LogP contribution in [0.4, 0.5) is 0 Å². The van der Waals surface area contributed by atoms with Crippen LogP contribution in [-0.4, -0.2) is 19.3 Å². The molecule has 0 spiro atoms. The van der Waals surface area contributed by atoms with Gasteiger partial charge in [0.2, 0.25) is 0 Å². The van der Waals surface area contributed by atoms with E-state index in [1.807, 2.05) is 23.9 Å². The summed E-state index contributed by atoms with van der Waals surface area (Å²) in [5.41, 5.74) is 10.2. The van der Waals surface area contributed by atoms with Gasteiger partial charge >= 0.3 is 0 Å². The SMILES string of the molecule is CCn1nc(C)cc1Cn1cc(CN)c2cccnc21. The third kappa shape index (κ3) is 2.10. The van der Waals surface area contributed by atoms with Gasteiger partial charge in [-0.15, -0.1) is 0 Å². The number of aromatic nitrogens is 4. The highest BCUT2D eigenvalue weighted by Crippen LogP contribution is 2.20. The molecule has 0 aliphatic carbocycles. The Balaban J connectivity index is 2.06. The maximum atomic E-state index is 5.82. The number of hydrogen-bond acceptors (Lipinski definition) is 3. The summed E-state index contributed by atoms with van der Waals surface area (Å²) in [6.45, 7) is 6.29. The van der Waals surface area contributed by atoms with Gasteiger partial charge in [-0.3, -0.25) is 4.68 Å². The molecule has 0 unspecified atom stereocenters. The van der Waals surface area contributed by atoms with Crippen molar-refractivity contribution in [2.45, 2.75) is 33.5 Å². The van der Waals surface area contributed by atoms with Gasteiger partial charge in [-0.25, -0.2) is 4.98 Å². The van der Waals surface area contributed by atoms with Crippen LogP contribution in [0.1, 0.15) is 23.9 Å². The van der Waals surface area contributed by atoms with E-state index in [9.17, 15) is 0 Å². The first-order valence-corrected chi connectivity index (χ1v) is 6.89. The monoisotopic (exact) mass is 269 g/mol. The summed E-state index contributed by atoms with van der Waals surface area (Å²) in [7, 11) is 0. The van der Waals surface area contributed by atoms with Crippen LogP contribution in [-0.2, 0) is 19.6 Å². The summed E-state index contributed by atoms with van der Waals surface area (Å²) < 4.78 is 4.19. The van der Waals surface area contributed by atoms with Gasteiger partial charge in [-0.05, 0) is 37.6 Å². The summed E-state index contributed by atoms with van der Waals surface area (Å²) >= 11 is 0. The lowest BCUT2D eigenvalue weighted by molar-refractivity contribution is 0.600. The van der Waals surface area contributed by atoms with Gasteiger partial charge in [-0.2, -0.15) is 5.10 Å². The van der Waals surface area contributed by atoms with E-state index >= 15 is 0 Å². The average Bonchev–Trinajstić information content (AvgIpc) is 3.00. The number of hydrogen-bond donors (Lipinski definition) is 1. The minimum Gasteiger partial charge on any atom is -0.326 e. The first-order valence-electron chi connectivity index (χ1n) is 6.89. The Hall–Kier alpha value is -2.14. The van der Waals surface area contributed by atoms with E-state index in [0.717, 1.165) is 35.4 Å². The third-order valence-corrected chi connectivity index (χ3v) is 3.55. The molecule has 20 heavy (non-hydrogen) atoms. The Kier molecular flexibility index (Phi) is 3.28. The smallest absolute Gasteiger partial charge is 0.140 e. The predicted molar refractivity (Wildman–Crippen MR) is 79.4 cm³/mol. The zero-order valence-electron chi connectivity index (χ0n) is 11.9. The van der Waals surface area contributed by atoms with E-state index in [1.54, 1.807) is 0 Å². The van der Waals surface area contributed by atoms with E-state index in [2.05, 4.69) is 39.9 Å². The number of aryl methyl sites for hydroxylation is 2. The molecule has 0 aromatic carbocycles. The first kappa shape index (κ1) is 12.9. The summed E-state index contributed by atoms with van der Waals surface area (Å²) in [6, 6.07) is 6.15. The lowest BCUT2D eigenvalue weighted by Gasteiger charge is -2.06. The molecule has 5 heteroatoms. The second kappa shape index (κ2) is 5.09. The summed E-state index contributed by atoms with van der Waals surface area (Å²) in [4.78, 5) is 4.49. The standard InChI is InChI=1S/C15H19N5/c1-3-20-13(7-11(2)18-20)10-19-9-12(8-16)14-5-4-6-17-15(14)19/h4-7,9H,3,8,10,16H2,1-2H3. The Morgan fingerprint density at radius 3 is 2.95 bits per heavy atom. The van der Waals surface area contributed by atoms with E-state index in [-0.39, 0.29) is 0 Å². The lowest BCUT2D eigenvalue weighted by atomic mass is 10.2. The highest BCUT2D eigenvalue weighted by Gasteiger charge is 2.11. The Bertz CT molecular complexity index is 738. The number of nitrogens with two attached hydrogens (primary N) is 1. The van der Waals surface area contributed by atoms with Gasteiger partial charge < -0.3 is 10.3 Å². The van der Waals surface area contributed by atoms with Crippen LogP contribution in [0, 0.1) is 6.92 Å². The van der Waals surface area contributed by atoms with Crippen LogP contribution in [0.2, 0.25) is 0 Å². The molecule has 5 nitrogen and oxygen atoms in total. The molecule has 0 radical (unpaired) electrons. The maximum Gasteiger partial charge on any atom is 0.140 e. The minimum atomic E-state index is 0.529. The summed E-state index contributed by atoms with van der Waals surface area (Å²) in [6.07, 6.45) is 3.92. The van der Waals surface area contributed by atoms with Crippen molar-refractivity contribution in [3.8, 4) is 0 Å². The molecule has 0 fully saturated rings. The molecule has 0 bridgehead atoms. The van der Waals surface area contributed by atoms with Crippen LogP contribution >= 0.6 is 0 Å². The Morgan fingerprint density at radius 2 is 2.20 bits per heavy atom. The minimum absolute atomic E-state index is 0.529. The molecule has 0 amide bonds. The highest BCUT2D eigenvalue weighted by atomic mass is 15.3. The number of pyridine rings is 1. The molecular weight excluding hydrogens is 250 g/mol. The average molecular weight is 269 g/mol. The molecule has 0 saturated carbocycles. The molecule has 3 heterocycles. The maximum absolute atomic E-state index is 5.82. The van der Waals surface area contributed by atoms with E-state index in [4.69, 9.17) is 5.73 Å². The molecule has 0 saturated heterocycles. The van der Waals surface area contributed by atoms with Crippen molar-refractivity contribution in [2.24, 2.45) is 5.73 Å². The van der Waals surface area contributed by atoms with Gasteiger partial charge in [0.25, 0.3) is 0 Å². The van der Waals surface area contributed by atoms with Gasteiger partial charge in [0.15, 0.2) is 0 Å². The van der Waals surface area contributed by atoms with Crippen molar-refractivity contribution >= 4 is 11.0 Å². The second-order valence-electron chi connectivity index (χ2n) is 4.95. The van der Waals surface area contributed by atoms with Crippen molar-refractivity contribution in [1.82, 2.24) is 19.3 Å². The molecule has 3 aromatic rings. The first-order chi connectivity index (χ1) is 9.72. The van der Waals surface area contributed by atoms with Gasteiger partial charge in [-0.1, -0.05) is 0 Å². The lowest BCUT2D eigenvalue weighted by Crippen LogP contribution is -2.07. The quantitative estimate of drug-likeness (QED) is 0.788. The fourth-order valence-electron chi connectivity index (χ4n) is 2.65. The van der Waals surface area contributed by atoms with E-state index < -0.39 is 0 Å². The summed E-state index contributed by atoms with van der Waals surface area (Å²) in [5.74, 6) is 0. The van der Waals surface area contributed by atoms with Gasteiger partial charge in [0.05, 0.1) is 17.9 Å². The van der Waals surface area contributed by atoms with Crippen LogP contribution in [0.5, 0.6) is 0 Å². The molecule has 0 aliphatic heterocycles. The Morgan fingerprint density at radius 1 is 1.35 bits per heavy atom. The Labute approximate surface area is 118 Å². The van der Waals surface area contributed by atoms with E-state index in [0.29, 0.717) is 6.54 Å².